The van der Waals surface area contributed by atoms with E-state index in [-0.39, 0.29) is 36.7 Å². The van der Waals surface area contributed by atoms with Crippen LogP contribution in [0.2, 0.25) is 0 Å². The zero-order valence-corrected chi connectivity index (χ0v) is 16.2. The van der Waals surface area contributed by atoms with Gasteiger partial charge in [-0.25, -0.2) is 0 Å². The summed E-state index contributed by atoms with van der Waals surface area (Å²) in [5, 5.41) is 2.32. The van der Waals surface area contributed by atoms with Crippen molar-refractivity contribution in [1.82, 2.24) is 10.2 Å². The van der Waals surface area contributed by atoms with E-state index < -0.39 is 0 Å². The molecular formula is C21H20N2O4S. The summed E-state index contributed by atoms with van der Waals surface area (Å²) in [5.74, 6) is -0.0544. The molecule has 7 heteroatoms. The quantitative estimate of drug-likeness (QED) is 0.728. The van der Waals surface area contributed by atoms with E-state index in [1.54, 1.807) is 18.2 Å². The van der Waals surface area contributed by atoms with Crippen molar-refractivity contribution >= 4 is 34.9 Å². The Morgan fingerprint density at radius 3 is 2.54 bits per heavy atom. The number of nitrogens with zero attached hydrogens (tertiary/aromatic N) is 1. The maximum absolute atomic E-state index is 12.5. The first-order chi connectivity index (χ1) is 13.5. The normalized spacial score (nSPS) is 15.2. The van der Waals surface area contributed by atoms with E-state index in [0.29, 0.717) is 10.7 Å². The minimum absolute atomic E-state index is 0.118. The van der Waals surface area contributed by atoms with Crippen LogP contribution in [0, 0.1) is 6.92 Å². The lowest BCUT2D eigenvalue weighted by Gasteiger charge is -2.13. The second-order valence-corrected chi connectivity index (χ2v) is 7.19. The molecule has 2 aromatic carbocycles. The van der Waals surface area contributed by atoms with Crippen LogP contribution in [0.3, 0.4) is 0 Å². The second-order valence-electron chi connectivity index (χ2n) is 6.20. The number of nitrogens with one attached hydrogen (secondary N) is 1. The van der Waals surface area contributed by atoms with Crippen LogP contribution in [0.4, 0.5) is 4.79 Å². The van der Waals surface area contributed by atoms with Crippen LogP contribution in [0.1, 0.15) is 11.1 Å². The molecular weight excluding hydrogens is 376 g/mol. The van der Waals surface area contributed by atoms with Gasteiger partial charge in [0, 0.05) is 13.1 Å². The smallest absolute Gasteiger partial charge is 0.293 e. The van der Waals surface area contributed by atoms with Crippen LogP contribution in [-0.2, 0) is 9.59 Å². The number of rotatable bonds is 7. The number of amides is 3. The summed E-state index contributed by atoms with van der Waals surface area (Å²) in [7, 11) is 0. The van der Waals surface area contributed by atoms with Crippen LogP contribution in [0.15, 0.2) is 59.5 Å². The highest BCUT2D eigenvalue weighted by Gasteiger charge is 2.34. The fourth-order valence-corrected chi connectivity index (χ4v) is 3.40. The Morgan fingerprint density at radius 2 is 1.82 bits per heavy atom. The second kappa shape index (κ2) is 9.23. The summed E-state index contributed by atoms with van der Waals surface area (Å²) >= 11 is 0.908. The molecule has 1 N–H and O–H groups in total. The number of aryl methyl sites for hydroxylation is 1. The van der Waals surface area contributed by atoms with Crippen molar-refractivity contribution in [3.63, 3.8) is 0 Å². The van der Waals surface area contributed by atoms with E-state index in [1.807, 2.05) is 49.4 Å². The minimum Gasteiger partial charge on any atom is -0.484 e. The lowest BCUT2D eigenvalue weighted by Crippen LogP contribution is -2.38. The van der Waals surface area contributed by atoms with Gasteiger partial charge in [0.2, 0.25) is 0 Å². The van der Waals surface area contributed by atoms with Crippen molar-refractivity contribution in [2.24, 2.45) is 0 Å². The van der Waals surface area contributed by atoms with Crippen molar-refractivity contribution in [2.45, 2.75) is 6.92 Å². The highest BCUT2D eigenvalue weighted by atomic mass is 32.2. The Labute approximate surface area is 167 Å². The first-order valence-corrected chi connectivity index (χ1v) is 9.61. The van der Waals surface area contributed by atoms with Gasteiger partial charge in [-0.2, -0.15) is 0 Å². The Morgan fingerprint density at radius 1 is 1.11 bits per heavy atom. The Hall–Kier alpha value is -3.06. The van der Waals surface area contributed by atoms with Gasteiger partial charge in [0.25, 0.3) is 17.1 Å². The Kier molecular flexibility index (Phi) is 6.49. The molecule has 0 atom stereocenters. The summed E-state index contributed by atoms with van der Waals surface area (Å²) in [5.41, 5.74) is 1.99. The van der Waals surface area contributed by atoms with Crippen molar-refractivity contribution in [3.8, 4) is 5.75 Å². The standard InChI is InChI=1S/C21H20N2O4S/c1-15-7-9-16(10-8-15)13-18-20(25)23(21(26)28-18)12-11-22-19(24)14-27-17-5-3-2-4-6-17/h2-10,13H,11-12,14H2,1H3,(H,22,24). The van der Waals surface area contributed by atoms with Gasteiger partial charge in [-0.1, -0.05) is 48.0 Å². The van der Waals surface area contributed by atoms with Gasteiger partial charge in [-0.3, -0.25) is 19.3 Å². The summed E-state index contributed by atoms with van der Waals surface area (Å²) in [6.45, 7) is 2.15. The molecule has 6 nitrogen and oxygen atoms in total. The van der Waals surface area contributed by atoms with Gasteiger partial charge in [-0.05, 0) is 42.5 Å². The monoisotopic (exact) mass is 396 g/mol. The predicted molar refractivity (Wildman–Crippen MR) is 109 cm³/mol. The van der Waals surface area contributed by atoms with Gasteiger partial charge >= 0.3 is 0 Å². The molecule has 0 radical (unpaired) electrons. The van der Waals surface area contributed by atoms with E-state index in [1.165, 1.54) is 0 Å². The number of benzene rings is 2. The van der Waals surface area contributed by atoms with Gasteiger partial charge in [0.15, 0.2) is 6.61 Å². The molecule has 0 spiro atoms. The third kappa shape index (κ3) is 5.23. The molecule has 3 rings (SSSR count). The number of para-hydroxylation sites is 1. The molecule has 1 fully saturated rings. The van der Waals surface area contributed by atoms with Crippen LogP contribution < -0.4 is 10.1 Å². The molecule has 1 heterocycles. The number of hydrogen-bond donors (Lipinski definition) is 1. The zero-order valence-electron chi connectivity index (χ0n) is 15.4. The highest BCUT2D eigenvalue weighted by molar-refractivity contribution is 8.18. The topological polar surface area (TPSA) is 75.7 Å². The van der Waals surface area contributed by atoms with Crippen LogP contribution in [0.25, 0.3) is 6.08 Å². The average molecular weight is 396 g/mol. The summed E-state index contributed by atoms with van der Waals surface area (Å²) < 4.78 is 5.35. The van der Waals surface area contributed by atoms with Crippen molar-refractivity contribution in [2.75, 3.05) is 19.7 Å². The third-order valence-corrected chi connectivity index (χ3v) is 4.93. The van der Waals surface area contributed by atoms with Gasteiger partial charge in [0.05, 0.1) is 4.91 Å². The molecule has 0 saturated carbocycles. The molecule has 1 aliphatic rings. The lowest BCUT2D eigenvalue weighted by molar-refractivity contribution is -0.125. The first kappa shape index (κ1) is 19.7. The van der Waals surface area contributed by atoms with Gasteiger partial charge in [-0.15, -0.1) is 0 Å². The van der Waals surface area contributed by atoms with Crippen molar-refractivity contribution in [3.05, 3.63) is 70.6 Å². The van der Waals surface area contributed by atoms with E-state index >= 15 is 0 Å². The minimum atomic E-state index is -0.342. The summed E-state index contributed by atoms with van der Waals surface area (Å²) in [4.78, 5) is 37.9. The van der Waals surface area contributed by atoms with E-state index in [4.69, 9.17) is 4.74 Å². The van der Waals surface area contributed by atoms with Crippen molar-refractivity contribution < 1.29 is 19.1 Å². The number of carbonyl (C=O) groups excluding carboxylic acids is 3. The van der Waals surface area contributed by atoms with Gasteiger partial charge < -0.3 is 10.1 Å². The molecule has 144 valence electrons. The first-order valence-electron chi connectivity index (χ1n) is 8.79. The fourth-order valence-electron chi connectivity index (χ4n) is 2.53. The highest BCUT2D eigenvalue weighted by Crippen LogP contribution is 2.31. The van der Waals surface area contributed by atoms with E-state index in [2.05, 4.69) is 5.32 Å². The molecule has 1 aliphatic heterocycles. The van der Waals surface area contributed by atoms with Gasteiger partial charge in [0.1, 0.15) is 5.75 Å². The molecule has 0 bridgehead atoms. The molecule has 0 aliphatic carbocycles. The Bertz CT molecular complexity index is 894. The zero-order chi connectivity index (χ0) is 19.9. The maximum Gasteiger partial charge on any atom is 0.293 e. The molecule has 3 amide bonds. The molecule has 0 aromatic heterocycles. The van der Waals surface area contributed by atoms with Crippen LogP contribution >= 0.6 is 11.8 Å². The molecule has 28 heavy (non-hydrogen) atoms. The number of ether oxygens (including phenoxy) is 1. The van der Waals surface area contributed by atoms with Crippen molar-refractivity contribution in [1.29, 1.82) is 0 Å². The van der Waals surface area contributed by atoms with E-state index in [9.17, 15) is 14.4 Å². The molecule has 1 saturated heterocycles. The number of hydrogen-bond acceptors (Lipinski definition) is 5. The van der Waals surface area contributed by atoms with E-state index in [0.717, 1.165) is 27.8 Å². The number of imide groups is 1. The predicted octanol–water partition coefficient (Wildman–Crippen LogP) is 3.23. The molecule has 2 aromatic rings. The number of carbonyl (C=O) groups is 3. The SMILES string of the molecule is Cc1ccc(C=C2SC(=O)N(CCNC(=O)COc3ccccc3)C2=O)cc1. The lowest BCUT2D eigenvalue weighted by atomic mass is 10.1. The molecule has 0 unspecified atom stereocenters. The summed E-state index contributed by atoms with van der Waals surface area (Å²) in [6, 6.07) is 16.7. The fraction of sp³-hybridized carbons (Fsp3) is 0.190. The summed E-state index contributed by atoms with van der Waals surface area (Å²) in [6.07, 6.45) is 1.70. The Balaban J connectivity index is 1.48. The third-order valence-electron chi connectivity index (χ3n) is 4.02. The van der Waals surface area contributed by atoms with Crippen LogP contribution in [-0.4, -0.2) is 41.6 Å². The maximum atomic E-state index is 12.5. The largest absolute Gasteiger partial charge is 0.484 e. The number of thioether (sulfide) groups is 1. The van der Waals surface area contributed by atoms with Crippen LogP contribution in [0.5, 0.6) is 5.75 Å². The average Bonchev–Trinajstić information content (AvgIpc) is 2.96.